The molecule has 1 heterocycles. The maximum Gasteiger partial charge on any atom is 0.191 e. The molecule has 0 unspecified atom stereocenters. The van der Waals surface area contributed by atoms with Gasteiger partial charge in [-0.1, -0.05) is 23.9 Å². The molecule has 1 atom stereocenters. The molecule has 4 nitrogen and oxygen atoms in total. The molecule has 0 bridgehead atoms. The third kappa shape index (κ3) is 3.70. The fourth-order valence-corrected chi connectivity index (χ4v) is 3.50. The molecule has 0 aliphatic rings. The van der Waals surface area contributed by atoms with Crippen LogP contribution in [0.1, 0.15) is 28.4 Å². The van der Waals surface area contributed by atoms with E-state index in [0.29, 0.717) is 16.5 Å². The monoisotopic (exact) mass is 369 g/mol. The Labute approximate surface area is 156 Å². The number of rotatable bonds is 5. The Morgan fingerprint density at radius 3 is 2.42 bits per heavy atom. The predicted molar refractivity (Wildman–Crippen MR) is 102 cm³/mol. The maximum atomic E-state index is 13.1. The molecule has 26 heavy (non-hydrogen) atoms. The van der Waals surface area contributed by atoms with Crippen molar-refractivity contribution in [2.75, 3.05) is 0 Å². The summed E-state index contributed by atoms with van der Waals surface area (Å²) in [6.07, 6.45) is 0. The van der Waals surface area contributed by atoms with Gasteiger partial charge in [0, 0.05) is 18.2 Å². The van der Waals surface area contributed by atoms with Gasteiger partial charge in [0.2, 0.25) is 0 Å². The number of halogens is 1. The molecule has 2 aromatic carbocycles. The molecule has 0 aliphatic heterocycles. The maximum absolute atomic E-state index is 13.1. The second kappa shape index (κ2) is 7.41. The summed E-state index contributed by atoms with van der Waals surface area (Å²) < 4.78 is 14.9. The molecular formula is C20H20FN3OS. The standard InChI is InChI=1S/C20H20FN3OS/c1-12-5-6-16(11-13(12)2)18(25)14(3)26-20-23-22-19(24(20)4)15-7-9-17(21)10-8-15/h5-11,14H,1-4H3/t14-/m1/s1. The number of aryl methyl sites for hydroxylation is 2. The number of benzene rings is 2. The van der Waals surface area contributed by atoms with Crippen LogP contribution in [0.15, 0.2) is 47.6 Å². The van der Waals surface area contributed by atoms with Crippen LogP contribution in [0, 0.1) is 19.7 Å². The summed E-state index contributed by atoms with van der Waals surface area (Å²) >= 11 is 1.37. The van der Waals surface area contributed by atoms with Gasteiger partial charge in [0.25, 0.3) is 0 Å². The van der Waals surface area contributed by atoms with Gasteiger partial charge < -0.3 is 4.57 Å². The lowest BCUT2D eigenvalue weighted by atomic mass is 10.0. The van der Waals surface area contributed by atoms with E-state index in [0.717, 1.165) is 11.1 Å². The molecule has 134 valence electrons. The van der Waals surface area contributed by atoms with Crippen molar-refractivity contribution in [3.63, 3.8) is 0 Å². The second-order valence-electron chi connectivity index (χ2n) is 6.30. The van der Waals surface area contributed by atoms with Gasteiger partial charge in [-0.15, -0.1) is 10.2 Å². The Hall–Kier alpha value is -2.47. The molecule has 0 N–H and O–H groups in total. The number of carbonyl (C=O) groups excluding carboxylic acids is 1. The van der Waals surface area contributed by atoms with E-state index >= 15 is 0 Å². The number of carbonyl (C=O) groups is 1. The van der Waals surface area contributed by atoms with Crippen LogP contribution in [0.2, 0.25) is 0 Å². The van der Waals surface area contributed by atoms with E-state index in [1.54, 1.807) is 12.1 Å². The normalized spacial score (nSPS) is 12.2. The van der Waals surface area contributed by atoms with Gasteiger partial charge in [0.15, 0.2) is 16.8 Å². The zero-order chi connectivity index (χ0) is 18.8. The summed E-state index contributed by atoms with van der Waals surface area (Å²) in [5.41, 5.74) is 3.75. The molecule has 0 aliphatic carbocycles. The van der Waals surface area contributed by atoms with E-state index in [-0.39, 0.29) is 16.9 Å². The summed E-state index contributed by atoms with van der Waals surface area (Å²) in [4.78, 5) is 12.7. The second-order valence-corrected chi connectivity index (χ2v) is 7.60. The third-order valence-electron chi connectivity index (χ3n) is 4.38. The zero-order valence-corrected chi connectivity index (χ0v) is 16.0. The number of thioether (sulfide) groups is 1. The first-order valence-electron chi connectivity index (χ1n) is 8.30. The van der Waals surface area contributed by atoms with Crippen LogP contribution in [-0.4, -0.2) is 25.8 Å². The average Bonchev–Trinajstić information content (AvgIpc) is 2.98. The Morgan fingerprint density at radius 2 is 1.77 bits per heavy atom. The molecule has 0 spiro atoms. The van der Waals surface area contributed by atoms with E-state index < -0.39 is 0 Å². The van der Waals surface area contributed by atoms with E-state index in [1.165, 1.54) is 29.5 Å². The van der Waals surface area contributed by atoms with Crippen molar-refractivity contribution < 1.29 is 9.18 Å². The van der Waals surface area contributed by atoms with Crippen molar-refractivity contribution in [3.05, 3.63) is 65.0 Å². The number of hydrogen-bond donors (Lipinski definition) is 0. The summed E-state index contributed by atoms with van der Waals surface area (Å²) in [5, 5.41) is 8.73. The highest BCUT2D eigenvalue weighted by molar-refractivity contribution is 8.00. The van der Waals surface area contributed by atoms with Gasteiger partial charge in [0.05, 0.1) is 5.25 Å². The number of nitrogens with zero attached hydrogens (tertiary/aromatic N) is 3. The highest BCUT2D eigenvalue weighted by atomic mass is 32.2. The fourth-order valence-electron chi connectivity index (χ4n) is 2.61. The number of ketones is 1. The number of hydrogen-bond acceptors (Lipinski definition) is 4. The van der Waals surface area contributed by atoms with E-state index in [9.17, 15) is 9.18 Å². The van der Waals surface area contributed by atoms with Crippen molar-refractivity contribution >= 4 is 17.5 Å². The first kappa shape index (κ1) is 18.3. The van der Waals surface area contributed by atoms with Crippen LogP contribution in [-0.2, 0) is 7.05 Å². The van der Waals surface area contributed by atoms with Crippen LogP contribution >= 0.6 is 11.8 Å². The SMILES string of the molecule is Cc1ccc(C(=O)[C@@H](C)Sc2nnc(-c3ccc(F)cc3)n2C)cc1C. The van der Waals surface area contributed by atoms with Crippen molar-refractivity contribution in [1.82, 2.24) is 14.8 Å². The summed E-state index contributed by atoms with van der Waals surface area (Å²) in [5.74, 6) is 0.404. The number of Topliss-reactive ketones (excluding diaryl/α,β-unsaturated/α-hetero) is 1. The Kier molecular flexibility index (Phi) is 5.23. The Balaban J connectivity index is 1.79. The lowest BCUT2D eigenvalue weighted by Crippen LogP contribution is -2.14. The first-order chi connectivity index (χ1) is 12.4. The summed E-state index contributed by atoms with van der Waals surface area (Å²) in [6.45, 7) is 5.90. The minimum atomic E-state index is -0.293. The highest BCUT2D eigenvalue weighted by Gasteiger charge is 2.21. The van der Waals surface area contributed by atoms with Crippen LogP contribution in [0.4, 0.5) is 4.39 Å². The quantitative estimate of drug-likeness (QED) is 0.487. The predicted octanol–water partition coefficient (Wildman–Crippen LogP) is 4.60. The van der Waals surface area contributed by atoms with Gasteiger partial charge in [-0.2, -0.15) is 0 Å². The molecule has 0 saturated heterocycles. The van der Waals surface area contributed by atoms with Gasteiger partial charge in [0.1, 0.15) is 5.82 Å². The lowest BCUT2D eigenvalue weighted by molar-refractivity contribution is 0.0993. The van der Waals surface area contributed by atoms with Gasteiger partial charge in [-0.3, -0.25) is 4.79 Å². The smallest absolute Gasteiger partial charge is 0.191 e. The average molecular weight is 369 g/mol. The first-order valence-corrected chi connectivity index (χ1v) is 9.18. The van der Waals surface area contributed by atoms with Gasteiger partial charge in [-0.25, -0.2) is 4.39 Å². The number of aromatic nitrogens is 3. The fraction of sp³-hybridized carbons (Fsp3) is 0.250. The van der Waals surface area contributed by atoms with Crippen LogP contribution in [0.5, 0.6) is 0 Å². The zero-order valence-electron chi connectivity index (χ0n) is 15.2. The molecular weight excluding hydrogens is 349 g/mol. The van der Waals surface area contributed by atoms with Crippen molar-refractivity contribution in [2.24, 2.45) is 7.05 Å². The molecule has 0 fully saturated rings. The highest BCUT2D eigenvalue weighted by Crippen LogP contribution is 2.27. The Morgan fingerprint density at radius 1 is 1.08 bits per heavy atom. The van der Waals surface area contributed by atoms with E-state index in [4.69, 9.17) is 0 Å². The largest absolute Gasteiger partial charge is 0.305 e. The van der Waals surface area contributed by atoms with Crippen molar-refractivity contribution in [1.29, 1.82) is 0 Å². The Bertz CT molecular complexity index is 950. The third-order valence-corrected chi connectivity index (χ3v) is 5.51. The lowest BCUT2D eigenvalue weighted by Gasteiger charge is -2.11. The van der Waals surface area contributed by atoms with Crippen molar-refractivity contribution in [3.8, 4) is 11.4 Å². The van der Waals surface area contributed by atoms with Crippen molar-refractivity contribution in [2.45, 2.75) is 31.2 Å². The summed E-state index contributed by atoms with van der Waals surface area (Å²) in [7, 11) is 1.84. The molecule has 6 heteroatoms. The van der Waals surface area contributed by atoms with Crippen LogP contribution < -0.4 is 0 Å². The van der Waals surface area contributed by atoms with Gasteiger partial charge >= 0.3 is 0 Å². The topological polar surface area (TPSA) is 47.8 Å². The minimum absolute atomic E-state index is 0.0597. The van der Waals surface area contributed by atoms with Gasteiger partial charge in [-0.05, 0) is 62.2 Å². The molecule has 3 rings (SSSR count). The summed E-state index contributed by atoms with van der Waals surface area (Å²) in [6, 6.07) is 11.9. The molecule has 0 saturated carbocycles. The molecule has 0 radical (unpaired) electrons. The van der Waals surface area contributed by atoms with Crippen LogP contribution in [0.25, 0.3) is 11.4 Å². The van der Waals surface area contributed by atoms with E-state index in [2.05, 4.69) is 10.2 Å². The molecule has 3 aromatic rings. The molecule has 0 amide bonds. The minimum Gasteiger partial charge on any atom is -0.305 e. The molecule has 1 aromatic heterocycles. The van der Waals surface area contributed by atoms with E-state index in [1.807, 2.05) is 50.6 Å². The van der Waals surface area contributed by atoms with Crippen LogP contribution in [0.3, 0.4) is 0 Å².